The molecule has 3 N–H and O–H groups in total. The van der Waals surface area contributed by atoms with Crippen LogP contribution in [0.25, 0.3) is 0 Å². The van der Waals surface area contributed by atoms with E-state index in [1.807, 2.05) is 6.07 Å². The number of sulfonamides is 1. The zero-order chi connectivity index (χ0) is 20.8. The van der Waals surface area contributed by atoms with Crippen molar-refractivity contribution in [3.8, 4) is 5.75 Å². The van der Waals surface area contributed by atoms with Gasteiger partial charge in [-0.25, -0.2) is 22.3 Å². The zero-order valence-corrected chi connectivity index (χ0v) is 16.6. The van der Waals surface area contributed by atoms with Gasteiger partial charge < -0.3 is 15.2 Å². The van der Waals surface area contributed by atoms with Crippen LogP contribution in [0, 0.1) is 11.7 Å². The van der Waals surface area contributed by atoms with Crippen LogP contribution in [-0.4, -0.2) is 28.1 Å². The first kappa shape index (κ1) is 19.8. The largest absolute Gasteiger partial charge is 0.492 e. The Bertz CT molecular complexity index is 1090. The summed E-state index contributed by atoms with van der Waals surface area (Å²) in [5.41, 5.74) is 7.36. The molecule has 2 aliphatic rings. The SMILES string of the molecule is COC(=O)c1c(CNS(=O)(=O)c2ccc(F)cc2CN)ccc2c1OCC1CC21. The van der Waals surface area contributed by atoms with Gasteiger partial charge in [0.25, 0.3) is 0 Å². The Morgan fingerprint density at radius 3 is 2.83 bits per heavy atom. The van der Waals surface area contributed by atoms with Crippen molar-refractivity contribution in [3.63, 3.8) is 0 Å². The fourth-order valence-electron chi connectivity index (χ4n) is 3.78. The van der Waals surface area contributed by atoms with Crippen LogP contribution in [0.5, 0.6) is 5.75 Å². The van der Waals surface area contributed by atoms with Crippen molar-refractivity contribution in [1.82, 2.24) is 4.72 Å². The number of carbonyl (C=O) groups is 1. The van der Waals surface area contributed by atoms with Gasteiger partial charge >= 0.3 is 5.97 Å². The van der Waals surface area contributed by atoms with Crippen LogP contribution in [-0.2, 0) is 27.8 Å². The van der Waals surface area contributed by atoms with E-state index in [4.69, 9.17) is 15.2 Å². The molecule has 0 amide bonds. The summed E-state index contributed by atoms with van der Waals surface area (Å²) in [6, 6.07) is 6.91. The fraction of sp³-hybridized carbons (Fsp3) is 0.350. The highest BCUT2D eigenvalue weighted by Crippen LogP contribution is 2.54. The quantitative estimate of drug-likeness (QED) is 0.693. The molecule has 0 spiro atoms. The minimum Gasteiger partial charge on any atom is -0.492 e. The number of ether oxygens (including phenoxy) is 2. The minimum atomic E-state index is -3.98. The molecule has 0 aromatic heterocycles. The Morgan fingerprint density at radius 1 is 1.31 bits per heavy atom. The van der Waals surface area contributed by atoms with Gasteiger partial charge in [-0.15, -0.1) is 0 Å². The second kappa shape index (κ2) is 7.40. The summed E-state index contributed by atoms with van der Waals surface area (Å²) in [6.45, 7) is 0.252. The van der Waals surface area contributed by atoms with E-state index in [9.17, 15) is 17.6 Å². The topological polar surface area (TPSA) is 108 Å². The summed E-state index contributed by atoms with van der Waals surface area (Å²) < 4.78 is 52.1. The Hall–Kier alpha value is -2.49. The summed E-state index contributed by atoms with van der Waals surface area (Å²) in [6.07, 6.45) is 1.02. The van der Waals surface area contributed by atoms with E-state index in [-0.39, 0.29) is 29.1 Å². The van der Waals surface area contributed by atoms with Gasteiger partial charge in [-0.3, -0.25) is 0 Å². The van der Waals surface area contributed by atoms with Crippen LogP contribution in [0.2, 0.25) is 0 Å². The molecule has 0 radical (unpaired) electrons. The third-order valence-corrected chi connectivity index (χ3v) is 6.91. The summed E-state index contributed by atoms with van der Waals surface area (Å²) >= 11 is 0. The summed E-state index contributed by atoms with van der Waals surface area (Å²) in [4.78, 5) is 12.3. The first-order valence-corrected chi connectivity index (χ1v) is 10.7. The highest BCUT2D eigenvalue weighted by atomic mass is 32.2. The summed E-state index contributed by atoms with van der Waals surface area (Å²) in [5.74, 6) is 0.170. The Labute approximate surface area is 168 Å². The molecule has 7 nitrogen and oxygen atoms in total. The number of fused-ring (bicyclic) bond motifs is 3. The van der Waals surface area contributed by atoms with E-state index < -0.39 is 21.8 Å². The highest BCUT2D eigenvalue weighted by molar-refractivity contribution is 7.89. The van der Waals surface area contributed by atoms with E-state index in [1.54, 1.807) is 6.07 Å². The number of nitrogens with one attached hydrogen (secondary N) is 1. The van der Waals surface area contributed by atoms with E-state index in [1.165, 1.54) is 13.2 Å². The van der Waals surface area contributed by atoms with Crippen LogP contribution in [0.1, 0.15) is 39.4 Å². The molecule has 154 valence electrons. The van der Waals surface area contributed by atoms with Gasteiger partial charge in [0.05, 0.1) is 18.6 Å². The molecule has 1 aliphatic carbocycles. The van der Waals surface area contributed by atoms with Crippen molar-refractivity contribution in [2.45, 2.75) is 30.3 Å². The molecule has 0 saturated heterocycles. The molecule has 0 bridgehead atoms. The lowest BCUT2D eigenvalue weighted by molar-refractivity contribution is 0.0593. The first-order chi connectivity index (χ1) is 13.9. The number of hydrogen-bond acceptors (Lipinski definition) is 6. The van der Waals surface area contributed by atoms with Crippen molar-refractivity contribution >= 4 is 16.0 Å². The van der Waals surface area contributed by atoms with Gasteiger partial charge in [0, 0.05) is 19.0 Å². The fourth-order valence-corrected chi connectivity index (χ4v) is 5.02. The van der Waals surface area contributed by atoms with Crippen LogP contribution < -0.4 is 15.2 Å². The maximum Gasteiger partial charge on any atom is 0.341 e. The maximum absolute atomic E-state index is 13.4. The Balaban J connectivity index is 1.65. The van der Waals surface area contributed by atoms with E-state index in [2.05, 4.69) is 4.72 Å². The van der Waals surface area contributed by atoms with Gasteiger partial charge in [0.1, 0.15) is 17.1 Å². The number of methoxy groups -OCH3 is 1. The second-order valence-electron chi connectivity index (χ2n) is 7.20. The standard InChI is InChI=1S/C20H21FN2O5S/c1-27-20(24)18-11(2-4-15-16-7-13(16)10-28-19(15)18)9-23-29(25,26)17-5-3-14(21)6-12(17)8-22/h2-6,13,16,23H,7-10,22H2,1H3. The van der Waals surface area contributed by atoms with Crippen molar-refractivity contribution in [1.29, 1.82) is 0 Å². The molecule has 2 unspecified atom stereocenters. The number of benzene rings is 2. The molecule has 29 heavy (non-hydrogen) atoms. The molecular weight excluding hydrogens is 399 g/mol. The van der Waals surface area contributed by atoms with Crippen molar-refractivity contribution < 1.29 is 27.1 Å². The van der Waals surface area contributed by atoms with E-state index in [0.717, 1.165) is 24.1 Å². The van der Waals surface area contributed by atoms with Crippen molar-refractivity contribution in [3.05, 3.63) is 58.4 Å². The van der Waals surface area contributed by atoms with Crippen LogP contribution in [0.4, 0.5) is 4.39 Å². The molecule has 2 aromatic carbocycles. The number of rotatable bonds is 6. The number of carbonyl (C=O) groups excluding carboxylic acids is 1. The molecular formula is C20H21FN2O5S. The lowest BCUT2D eigenvalue weighted by Crippen LogP contribution is -2.26. The molecule has 1 heterocycles. The Morgan fingerprint density at radius 2 is 2.10 bits per heavy atom. The van der Waals surface area contributed by atoms with Gasteiger partial charge in [0.2, 0.25) is 10.0 Å². The van der Waals surface area contributed by atoms with Gasteiger partial charge in [-0.1, -0.05) is 12.1 Å². The monoisotopic (exact) mass is 420 g/mol. The molecule has 2 aromatic rings. The number of esters is 1. The number of halogens is 1. The average Bonchev–Trinajstić information content (AvgIpc) is 3.51. The molecule has 1 aliphatic heterocycles. The second-order valence-corrected chi connectivity index (χ2v) is 8.94. The predicted octanol–water partition coefficient (Wildman–Crippen LogP) is 2.05. The van der Waals surface area contributed by atoms with Crippen molar-refractivity contribution in [2.24, 2.45) is 11.7 Å². The summed E-state index contributed by atoms with van der Waals surface area (Å²) in [5, 5.41) is 0. The molecule has 1 saturated carbocycles. The first-order valence-electron chi connectivity index (χ1n) is 9.20. The highest BCUT2D eigenvalue weighted by Gasteiger charge is 2.45. The van der Waals surface area contributed by atoms with Gasteiger partial charge in [-0.05, 0) is 47.2 Å². The summed E-state index contributed by atoms with van der Waals surface area (Å²) in [7, 11) is -2.71. The van der Waals surface area contributed by atoms with Gasteiger partial charge in [-0.2, -0.15) is 0 Å². The van der Waals surface area contributed by atoms with E-state index in [0.29, 0.717) is 29.8 Å². The third-order valence-electron chi connectivity index (χ3n) is 5.41. The predicted molar refractivity (Wildman–Crippen MR) is 102 cm³/mol. The van der Waals surface area contributed by atoms with Crippen LogP contribution >= 0.6 is 0 Å². The van der Waals surface area contributed by atoms with Crippen molar-refractivity contribution in [2.75, 3.05) is 13.7 Å². The normalized spacial score (nSPS) is 19.7. The molecule has 1 fully saturated rings. The lowest BCUT2D eigenvalue weighted by atomic mass is 9.97. The van der Waals surface area contributed by atoms with E-state index >= 15 is 0 Å². The van der Waals surface area contributed by atoms with Crippen LogP contribution in [0.15, 0.2) is 35.2 Å². The zero-order valence-electron chi connectivity index (χ0n) is 15.8. The van der Waals surface area contributed by atoms with Crippen LogP contribution in [0.3, 0.4) is 0 Å². The molecule has 9 heteroatoms. The lowest BCUT2D eigenvalue weighted by Gasteiger charge is -2.21. The third kappa shape index (κ3) is 3.61. The number of nitrogens with two attached hydrogens (primary N) is 1. The minimum absolute atomic E-state index is 0.101. The Kier molecular flexibility index (Phi) is 5.05. The molecule has 4 rings (SSSR count). The molecule has 2 atom stereocenters. The maximum atomic E-state index is 13.4. The van der Waals surface area contributed by atoms with Gasteiger partial charge in [0.15, 0.2) is 0 Å². The number of hydrogen-bond donors (Lipinski definition) is 2. The smallest absolute Gasteiger partial charge is 0.341 e. The average molecular weight is 420 g/mol.